The number of amides is 1. The lowest BCUT2D eigenvalue weighted by molar-refractivity contribution is -0.384. The average molecular weight is 436 g/mol. The summed E-state index contributed by atoms with van der Waals surface area (Å²) in [7, 11) is 0. The smallest absolute Gasteiger partial charge is 0.267 e. The monoisotopic (exact) mass is 436 g/mol. The van der Waals surface area contributed by atoms with Gasteiger partial charge in [0, 0.05) is 17.7 Å². The molecule has 0 spiro atoms. The zero-order valence-corrected chi connectivity index (χ0v) is 16.8. The molecule has 0 atom stereocenters. The van der Waals surface area contributed by atoms with E-state index in [2.05, 4.69) is 25.7 Å². The fraction of sp³-hybridized carbons (Fsp3) is 0. The van der Waals surface area contributed by atoms with Crippen molar-refractivity contribution in [2.24, 2.45) is 15.3 Å². The molecule has 2 aromatic carbocycles. The van der Waals surface area contributed by atoms with Gasteiger partial charge in [-0.3, -0.25) is 14.9 Å². The summed E-state index contributed by atoms with van der Waals surface area (Å²) in [5.41, 5.74) is 3.38. The van der Waals surface area contributed by atoms with E-state index in [0.717, 1.165) is 10.2 Å². The minimum atomic E-state index is -0.531. The number of benzene rings is 2. The quantitative estimate of drug-likeness (QED) is 0.153. The molecule has 0 aliphatic rings. The largest absolute Gasteiger partial charge is 0.271 e. The first kappa shape index (κ1) is 19.5. The van der Waals surface area contributed by atoms with Crippen molar-refractivity contribution < 1.29 is 9.72 Å². The van der Waals surface area contributed by atoms with Crippen molar-refractivity contribution in [3.8, 4) is 0 Å². The first-order chi connectivity index (χ1) is 14.6. The first-order valence-corrected chi connectivity index (χ1v) is 10.2. The van der Waals surface area contributed by atoms with Gasteiger partial charge in [0.2, 0.25) is 11.0 Å². The Kier molecular flexibility index (Phi) is 5.63. The number of nitro benzene ring substituents is 1. The van der Waals surface area contributed by atoms with Crippen molar-refractivity contribution in [3.63, 3.8) is 0 Å². The van der Waals surface area contributed by atoms with Crippen LogP contribution in [-0.4, -0.2) is 21.7 Å². The third kappa shape index (κ3) is 4.42. The minimum absolute atomic E-state index is 0.0982. The molecule has 0 saturated heterocycles. The maximum Gasteiger partial charge on any atom is 0.271 e. The second kappa shape index (κ2) is 8.68. The highest BCUT2D eigenvalue weighted by Gasteiger charge is 2.11. The number of azo groups is 1. The number of non-ortho nitro benzene ring substituents is 1. The van der Waals surface area contributed by atoms with Crippen LogP contribution >= 0.6 is 22.7 Å². The highest BCUT2D eigenvalue weighted by Crippen LogP contribution is 2.28. The Balaban J connectivity index is 1.55. The molecule has 11 heteroatoms. The van der Waals surface area contributed by atoms with Crippen LogP contribution in [0.2, 0.25) is 0 Å². The van der Waals surface area contributed by atoms with Crippen LogP contribution in [0.1, 0.15) is 15.2 Å². The number of rotatable bonds is 5. The number of carbonyl (C=O) groups is 1. The van der Waals surface area contributed by atoms with Gasteiger partial charge in [-0.25, -0.2) is 10.4 Å². The summed E-state index contributed by atoms with van der Waals surface area (Å²) < 4.78 is 0.993. The Hall–Kier alpha value is -3.83. The topological polar surface area (TPSA) is 122 Å². The number of nitro groups is 1. The molecule has 0 aliphatic heterocycles. The van der Waals surface area contributed by atoms with Gasteiger partial charge in [0.1, 0.15) is 0 Å². The molecule has 4 aromatic rings. The van der Waals surface area contributed by atoms with Crippen LogP contribution in [0.5, 0.6) is 0 Å². The molecule has 2 aromatic heterocycles. The molecular formula is C19H12N6O3S2. The van der Waals surface area contributed by atoms with E-state index in [4.69, 9.17) is 0 Å². The van der Waals surface area contributed by atoms with Crippen LogP contribution in [-0.2, 0) is 0 Å². The number of thiophene rings is 1. The van der Waals surface area contributed by atoms with E-state index >= 15 is 0 Å². The average Bonchev–Trinajstić information content (AvgIpc) is 3.43. The van der Waals surface area contributed by atoms with E-state index in [1.807, 2.05) is 35.7 Å². The van der Waals surface area contributed by atoms with E-state index in [9.17, 15) is 14.9 Å². The lowest BCUT2D eigenvalue weighted by atomic mass is 10.2. The Morgan fingerprint density at radius 1 is 1.07 bits per heavy atom. The number of aromatic nitrogens is 1. The van der Waals surface area contributed by atoms with Crippen LogP contribution in [0.4, 0.5) is 10.8 Å². The van der Waals surface area contributed by atoms with Crippen molar-refractivity contribution in [3.05, 3.63) is 86.6 Å². The van der Waals surface area contributed by atoms with Crippen LogP contribution in [0, 0.1) is 10.1 Å². The summed E-state index contributed by atoms with van der Waals surface area (Å²) >= 11 is 2.79. The molecule has 0 bridgehead atoms. The van der Waals surface area contributed by atoms with Crippen molar-refractivity contribution in [2.45, 2.75) is 0 Å². The number of nitrogens with one attached hydrogen (secondary N) is 1. The Morgan fingerprint density at radius 2 is 1.87 bits per heavy atom. The second-order valence-electron chi connectivity index (χ2n) is 5.82. The van der Waals surface area contributed by atoms with Gasteiger partial charge in [0.15, 0.2) is 0 Å². The Morgan fingerprint density at radius 3 is 2.57 bits per heavy atom. The normalized spacial score (nSPS) is 11.8. The van der Waals surface area contributed by atoms with Gasteiger partial charge < -0.3 is 0 Å². The van der Waals surface area contributed by atoms with Gasteiger partial charge in [-0.2, -0.15) is 0 Å². The van der Waals surface area contributed by atoms with E-state index in [-0.39, 0.29) is 17.1 Å². The third-order valence-corrected chi connectivity index (χ3v) is 5.64. The van der Waals surface area contributed by atoms with Gasteiger partial charge in [-0.05, 0) is 35.7 Å². The summed E-state index contributed by atoms with van der Waals surface area (Å²) in [6.07, 6.45) is 0. The molecule has 0 unspecified atom stereocenters. The fourth-order valence-electron chi connectivity index (χ4n) is 2.43. The molecule has 30 heavy (non-hydrogen) atoms. The Bertz CT molecular complexity index is 1230. The van der Waals surface area contributed by atoms with Crippen LogP contribution < -0.4 is 5.43 Å². The maximum atomic E-state index is 12.3. The number of fused-ring (bicyclic) bond motifs is 1. The van der Waals surface area contributed by atoms with Crippen molar-refractivity contribution >= 4 is 55.5 Å². The molecule has 1 amide bonds. The summed E-state index contributed by atoms with van der Waals surface area (Å²) in [5, 5.41) is 25.5. The molecule has 0 aliphatic carbocycles. The van der Waals surface area contributed by atoms with Crippen LogP contribution in [0.15, 0.2) is 81.4 Å². The fourth-order valence-corrected chi connectivity index (χ4v) is 3.87. The van der Waals surface area contributed by atoms with Crippen molar-refractivity contribution in [1.82, 2.24) is 10.4 Å². The van der Waals surface area contributed by atoms with Crippen molar-refractivity contribution in [1.29, 1.82) is 0 Å². The third-order valence-electron chi connectivity index (χ3n) is 3.86. The lowest BCUT2D eigenvalue weighted by Crippen LogP contribution is -2.19. The zero-order chi connectivity index (χ0) is 20.9. The molecule has 0 saturated carbocycles. The first-order valence-electron chi connectivity index (χ1n) is 8.54. The number of hydrazone groups is 1. The summed E-state index contributed by atoms with van der Waals surface area (Å²) in [6.45, 7) is 0. The molecule has 4 rings (SSSR count). The summed E-state index contributed by atoms with van der Waals surface area (Å²) in [4.78, 5) is 27.6. The lowest BCUT2D eigenvalue weighted by Gasteiger charge is -2.01. The van der Waals surface area contributed by atoms with Crippen LogP contribution in [0.25, 0.3) is 10.2 Å². The predicted octanol–water partition coefficient (Wildman–Crippen LogP) is 5.14. The van der Waals surface area contributed by atoms with Crippen molar-refractivity contribution in [2.75, 3.05) is 0 Å². The van der Waals surface area contributed by atoms with Gasteiger partial charge in [-0.1, -0.05) is 29.5 Å². The highest BCUT2D eigenvalue weighted by molar-refractivity contribution is 7.21. The van der Waals surface area contributed by atoms with E-state index in [1.165, 1.54) is 46.9 Å². The molecular weight excluding hydrogens is 424 g/mol. The van der Waals surface area contributed by atoms with Crippen LogP contribution in [0.3, 0.4) is 0 Å². The number of hydrogen-bond donors (Lipinski definition) is 1. The highest BCUT2D eigenvalue weighted by atomic mass is 32.1. The minimum Gasteiger partial charge on any atom is -0.267 e. The number of thiazole rings is 1. The number of hydrogen-bond acceptors (Lipinski definition) is 8. The molecule has 0 fully saturated rings. The number of amidine groups is 1. The van der Waals surface area contributed by atoms with Gasteiger partial charge in [-0.15, -0.1) is 26.7 Å². The molecule has 2 heterocycles. The number of carbonyl (C=O) groups excluding carboxylic acids is 1. The molecule has 1 N–H and O–H groups in total. The van der Waals surface area contributed by atoms with E-state index < -0.39 is 10.8 Å². The zero-order valence-electron chi connectivity index (χ0n) is 15.1. The number of nitrogens with zero attached hydrogens (tertiary/aromatic N) is 5. The second-order valence-corrected chi connectivity index (χ2v) is 7.78. The molecule has 9 nitrogen and oxygen atoms in total. The standard InChI is InChI=1S/C19H12N6O3S2/c26-18(12-7-9-13(10-8-12)25(27)28)23-21-17(16-6-3-11-29-16)22-24-19-20-14-4-1-2-5-15(14)30-19/h1-11H,(H,23,26)/b21-17+,24-22?. The predicted molar refractivity (Wildman–Crippen MR) is 116 cm³/mol. The summed E-state index contributed by atoms with van der Waals surface area (Å²) in [6, 6.07) is 16.5. The van der Waals surface area contributed by atoms with E-state index in [0.29, 0.717) is 10.0 Å². The number of para-hydroxylation sites is 1. The van der Waals surface area contributed by atoms with Gasteiger partial charge in [0.05, 0.1) is 20.0 Å². The SMILES string of the molecule is O=C(N/N=C(/N=Nc1nc2ccccc2s1)c1cccs1)c1ccc([N+](=O)[O-])cc1. The Labute approximate surface area is 177 Å². The summed E-state index contributed by atoms with van der Waals surface area (Å²) in [5.74, 6) is -0.298. The molecule has 0 radical (unpaired) electrons. The van der Waals surface area contributed by atoms with Gasteiger partial charge >= 0.3 is 0 Å². The maximum absolute atomic E-state index is 12.3. The van der Waals surface area contributed by atoms with Gasteiger partial charge in [0.25, 0.3) is 11.6 Å². The molecule has 148 valence electrons. The van der Waals surface area contributed by atoms with E-state index in [1.54, 1.807) is 6.07 Å².